The summed E-state index contributed by atoms with van der Waals surface area (Å²) in [5, 5.41) is 1.90. The lowest BCUT2D eigenvalue weighted by atomic mass is 10.1. The SMILES string of the molecule is COC(=O)c1csc(S(=O)(=O)N2CCN(C(=O)c3sc4cccc(F)c4c3C)CC2)c1. The third-order valence-electron chi connectivity index (χ3n) is 5.21. The Morgan fingerprint density at radius 2 is 1.87 bits per heavy atom. The van der Waals surface area contributed by atoms with Gasteiger partial charge in [-0.3, -0.25) is 4.79 Å². The second-order valence-corrected chi connectivity index (χ2v) is 11.1. The Kier molecular flexibility index (Phi) is 5.86. The third-order valence-corrected chi connectivity index (χ3v) is 9.77. The summed E-state index contributed by atoms with van der Waals surface area (Å²) in [4.78, 5) is 26.7. The first-order valence-electron chi connectivity index (χ1n) is 9.38. The number of nitrogens with zero attached hydrogens (tertiary/aromatic N) is 2. The van der Waals surface area contributed by atoms with Gasteiger partial charge >= 0.3 is 5.97 Å². The number of carbonyl (C=O) groups is 2. The average Bonchev–Trinajstić information content (AvgIpc) is 3.39. The van der Waals surface area contributed by atoms with Gasteiger partial charge in [-0.25, -0.2) is 17.6 Å². The van der Waals surface area contributed by atoms with Gasteiger partial charge in [-0.15, -0.1) is 22.7 Å². The van der Waals surface area contributed by atoms with Crippen LogP contribution in [0, 0.1) is 12.7 Å². The van der Waals surface area contributed by atoms with Gasteiger partial charge in [0.25, 0.3) is 15.9 Å². The molecule has 1 aromatic carbocycles. The summed E-state index contributed by atoms with van der Waals surface area (Å²) in [6, 6.07) is 6.07. The molecule has 0 aliphatic carbocycles. The van der Waals surface area contributed by atoms with Gasteiger partial charge in [0.2, 0.25) is 0 Å². The van der Waals surface area contributed by atoms with Gasteiger partial charge in [-0.2, -0.15) is 4.31 Å². The summed E-state index contributed by atoms with van der Waals surface area (Å²) in [6.07, 6.45) is 0. The van der Waals surface area contributed by atoms with E-state index in [4.69, 9.17) is 0 Å². The molecular weight excluding hydrogens is 463 g/mol. The van der Waals surface area contributed by atoms with Crippen molar-refractivity contribution in [2.75, 3.05) is 33.3 Å². The number of ether oxygens (including phenoxy) is 1. The van der Waals surface area contributed by atoms with E-state index in [0.717, 1.165) is 11.3 Å². The number of methoxy groups -OCH3 is 1. The number of amides is 1. The number of hydrogen-bond acceptors (Lipinski definition) is 7. The normalized spacial score (nSPS) is 15.4. The summed E-state index contributed by atoms with van der Waals surface area (Å²) >= 11 is 2.20. The molecule has 1 aliphatic rings. The molecule has 0 unspecified atom stereocenters. The molecule has 31 heavy (non-hydrogen) atoms. The molecule has 3 heterocycles. The first-order valence-corrected chi connectivity index (χ1v) is 12.5. The summed E-state index contributed by atoms with van der Waals surface area (Å²) in [6.45, 7) is 2.45. The van der Waals surface area contributed by atoms with Crippen molar-refractivity contribution in [2.45, 2.75) is 11.1 Å². The zero-order chi connectivity index (χ0) is 22.3. The van der Waals surface area contributed by atoms with E-state index < -0.39 is 16.0 Å². The van der Waals surface area contributed by atoms with Crippen LogP contribution in [0.25, 0.3) is 10.1 Å². The highest BCUT2D eigenvalue weighted by Crippen LogP contribution is 2.34. The monoisotopic (exact) mass is 482 g/mol. The van der Waals surface area contributed by atoms with Crippen molar-refractivity contribution in [1.29, 1.82) is 0 Å². The Labute approximate surface area is 186 Å². The molecule has 0 atom stereocenters. The van der Waals surface area contributed by atoms with Gasteiger partial charge in [0.1, 0.15) is 10.0 Å². The number of aryl methyl sites for hydroxylation is 1. The molecule has 3 aromatic rings. The Bertz CT molecular complexity index is 1270. The van der Waals surface area contributed by atoms with Crippen molar-refractivity contribution in [1.82, 2.24) is 9.21 Å². The van der Waals surface area contributed by atoms with Gasteiger partial charge < -0.3 is 9.64 Å². The van der Waals surface area contributed by atoms with Crippen LogP contribution < -0.4 is 0 Å². The average molecular weight is 483 g/mol. The van der Waals surface area contributed by atoms with E-state index in [9.17, 15) is 22.4 Å². The smallest absolute Gasteiger partial charge is 0.338 e. The Morgan fingerprint density at radius 3 is 2.52 bits per heavy atom. The maximum absolute atomic E-state index is 14.2. The van der Waals surface area contributed by atoms with Crippen LogP contribution in [0.1, 0.15) is 25.6 Å². The highest BCUT2D eigenvalue weighted by molar-refractivity contribution is 7.91. The first-order chi connectivity index (χ1) is 14.7. The molecule has 1 aliphatic heterocycles. The van der Waals surface area contributed by atoms with Crippen LogP contribution in [0.5, 0.6) is 0 Å². The summed E-state index contributed by atoms with van der Waals surface area (Å²) in [5.41, 5.74) is 0.791. The number of piperazine rings is 1. The van der Waals surface area contributed by atoms with Crippen molar-refractivity contribution < 1.29 is 27.1 Å². The number of hydrogen-bond donors (Lipinski definition) is 0. The standard InChI is InChI=1S/C20H19FN2O5S3/c1-12-17-14(21)4-3-5-15(17)30-18(12)19(24)22-6-8-23(9-7-22)31(26,27)16-10-13(11-29-16)20(25)28-2/h3-5,10-11H,6-9H2,1-2H3. The summed E-state index contributed by atoms with van der Waals surface area (Å²) in [7, 11) is -2.54. The molecule has 0 saturated carbocycles. The van der Waals surface area contributed by atoms with Crippen molar-refractivity contribution in [3.8, 4) is 0 Å². The maximum Gasteiger partial charge on any atom is 0.338 e. The number of esters is 1. The molecule has 2 aromatic heterocycles. The molecule has 4 rings (SSSR count). The van der Waals surface area contributed by atoms with E-state index in [0.29, 0.717) is 20.5 Å². The van der Waals surface area contributed by atoms with Crippen LogP contribution in [0.3, 0.4) is 0 Å². The molecule has 1 fully saturated rings. The van der Waals surface area contributed by atoms with Gasteiger partial charge in [-0.05, 0) is 30.7 Å². The second-order valence-electron chi connectivity index (χ2n) is 7.01. The lowest BCUT2D eigenvalue weighted by molar-refractivity contribution is 0.0600. The molecule has 1 amide bonds. The predicted molar refractivity (Wildman–Crippen MR) is 117 cm³/mol. The molecule has 0 N–H and O–H groups in total. The molecule has 0 spiro atoms. The minimum absolute atomic E-state index is 0.0588. The van der Waals surface area contributed by atoms with Crippen LogP contribution in [-0.4, -0.2) is 62.8 Å². The van der Waals surface area contributed by atoms with E-state index in [-0.39, 0.29) is 47.7 Å². The molecule has 0 radical (unpaired) electrons. The van der Waals surface area contributed by atoms with Crippen LogP contribution in [0.15, 0.2) is 33.9 Å². The fourth-order valence-electron chi connectivity index (χ4n) is 3.54. The fourth-order valence-corrected chi connectivity index (χ4v) is 7.45. The minimum Gasteiger partial charge on any atom is -0.465 e. The lowest BCUT2D eigenvalue weighted by Gasteiger charge is -2.33. The van der Waals surface area contributed by atoms with Crippen LogP contribution in [-0.2, 0) is 14.8 Å². The Morgan fingerprint density at radius 1 is 1.16 bits per heavy atom. The fraction of sp³-hybridized carbons (Fsp3) is 0.300. The highest BCUT2D eigenvalue weighted by Gasteiger charge is 2.33. The molecule has 1 saturated heterocycles. The number of carbonyl (C=O) groups excluding carboxylic acids is 2. The minimum atomic E-state index is -3.77. The zero-order valence-electron chi connectivity index (χ0n) is 16.8. The highest BCUT2D eigenvalue weighted by atomic mass is 32.2. The molecule has 164 valence electrons. The quantitative estimate of drug-likeness (QED) is 0.533. The molecule has 11 heteroatoms. The van der Waals surface area contributed by atoms with Crippen molar-refractivity contribution >= 4 is 54.7 Å². The number of benzene rings is 1. The van der Waals surface area contributed by atoms with Crippen LogP contribution in [0.2, 0.25) is 0 Å². The van der Waals surface area contributed by atoms with Gasteiger partial charge in [-0.1, -0.05) is 6.07 Å². The van der Waals surface area contributed by atoms with E-state index in [1.165, 1.54) is 40.3 Å². The summed E-state index contributed by atoms with van der Waals surface area (Å²) < 4.78 is 46.7. The molecule has 0 bridgehead atoms. The van der Waals surface area contributed by atoms with Crippen LogP contribution >= 0.6 is 22.7 Å². The van der Waals surface area contributed by atoms with E-state index >= 15 is 0 Å². The van der Waals surface area contributed by atoms with E-state index in [1.54, 1.807) is 24.0 Å². The number of rotatable bonds is 4. The Balaban J connectivity index is 1.49. The molecule has 7 nitrogen and oxygen atoms in total. The third kappa shape index (κ3) is 3.86. The first kappa shape index (κ1) is 21.9. The predicted octanol–water partition coefficient (Wildman–Crippen LogP) is 3.34. The van der Waals surface area contributed by atoms with E-state index in [2.05, 4.69) is 4.74 Å². The zero-order valence-corrected chi connectivity index (χ0v) is 19.2. The lowest BCUT2D eigenvalue weighted by Crippen LogP contribution is -2.50. The largest absolute Gasteiger partial charge is 0.465 e. The number of thiophene rings is 2. The van der Waals surface area contributed by atoms with Gasteiger partial charge in [0.15, 0.2) is 0 Å². The molecular formula is C20H19FN2O5S3. The van der Waals surface area contributed by atoms with Crippen molar-refractivity contribution in [2.24, 2.45) is 0 Å². The summed E-state index contributed by atoms with van der Waals surface area (Å²) in [5.74, 6) is -1.18. The van der Waals surface area contributed by atoms with Gasteiger partial charge in [0.05, 0.1) is 17.6 Å². The number of sulfonamides is 1. The Hall–Kier alpha value is -2.34. The van der Waals surface area contributed by atoms with E-state index in [1.807, 2.05) is 0 Å². The second kappa shape index (κ2) is 8.30. The number of halogens is 1. The van der Waals surface area contributed by atoms with Gasteiger partial charge in [0, 0.05) is 41.6 Å². The number of fused-ring (bicyclic) bond motifs is 1. The van der Waals surface area contributed by atoms with Crippen molar-refractivity contribution in [3.05, 3.63) is 51.5 Å². The van der Waals surface area contributed by atoms with Crippen molar-refractivity contribution in [3.63, 3.8) is 0 Å². The maximum atomic E-state index is 14.2. The topological polar surface area (TPSA) is 84.0 Å². The van der Waals surface area contributed by atoms with Crippen LogP contribution in [0.4, 0.5) is 4.39 Å².